The highest BCUT2D eigenvalue weighted by molar-refractivity contribution is 7.52. The highest BCUT2D eigenvalue weighted by Gasteiger charge is 2.35. The van der Waals surface area contributed by atoms with Gasteiger partial charge in [0.25, 0.3) is 5.56 Å². The van der Waals surface area contributed by atoms with Crippen LogP contribution in [0.2, 0.25) is 0 Å². The van der Waals surface area contributed by atoms with Crippen LogP contribution in [0.1, 0.15) is 33.9 Å². The largest absolute Gasteiger partial charge is 0.459 e. The number of hydrogen-bond donors (Lipinski definition) is 2. The molecular weight excluding hydrogens is 513 g/mol. The number of hydrogen-bond acceptors (Lipinski definition) is 8. The highest BCUT2D eigenvalue weighted by Crippen LogP contribution is 2.47. The van der Waals surface area contributed by atoms with Gasteiger partial charge in [0.1, 0.15) is 23.5 Å². The summed E-state index contributed by atoms with van der Waals surface area (Å²) in [6.07, 6.45) is 3.09. The van der Waals surface area contributed by atoms with Crippen molar-refractivity contribution in [2.45, 2.75) is 51.7 Å². The summed E-state index contributed by atoms with van der Waals surface area (Å²) in [5.74, 6) is -0.326. The lowest BCUT2D eigenvalue weighted by Gasteiger charge is -2.26. The van der Waals surface area contributed by atoms with Gasteiger partial charge < -0.3 is 14.0 Å². The van der Waals surface area contributed by atoms with E-state index in [9.17, 15) is 18.9 Å². The topological polar surface area (TPSA) is 138 Å². The molecule has 11 nitrogen and oxygen atoms in total. The van der Waals surface area contributed by atoms with Crippen molar-refractivity contribution >= 4 is 24.5 Å². The van der Waals surface area contributed by atoms with Crippen molar-refractivity contribution in [2.24, 2.45) is 0 Å². The van der Waals surface area contributed by atoms with Crippen LogP contribution < -0.4 is 20.9 Å². The molecule has 12 heteroatoms. The number of carbonyl (C=O) groups is 1. The first-order chi connectivity index (χ1) is 17.9. The maximum atomic E-state index is 14.0. The molecule has 0 amide bonds. The molecule has 2 heterocycles. The van der Waals surface area contributed by atoms with Crippen molar-refractivity contribution in [2.75, 3.05) is 6.61 Å². The van der Waals surface area contributed by atoms with Gasteiger partial charge in [-0.2, -0.15) is 5.09 Å². The Morgan fingerprint density at radius 1 is 1.13 bits per heavy atom. The number of esters is 1. The molecule has 38 heavy (non-hydrogen) atoms. The fourth-order valence-electron chi connectivity index (χ4n) is 3.72. The number of carbonyl (C=O) groups excluding carboxylic acids is 1. The Bertz CT molecular complexity index is 1500. The van der Waals surface area contributed by atoms with Crippen molar-refractivity contribution in [1.82, 2.24) is 14.6 Å². The third-order valence-corrected chi connectivity index (χ3v) is 7.05. The van der Waals surface area contributed by atoms with Gasteiger partial charge in [-0.15, -0.1) is 0 Å². The molecule has 3 aromatic rings. The standard InChI is InChI=1S/C26H30N3O8P/c1-17(24(31)36-26(2,3)4)28-38(33,37-21-11-7-9-18-8-5-6-10-20(18)21)34-16-19-12-13-23(35-19)29-15-14-22(30)27-25(29)32/h5-15,17,19,23H,16H2,1-4H3,(H,28,33)(H,27,30,32)/t17-,19-,23+,38?/m0/s1. The van der Waals surface area contributed by atoms with Crippen molar-refractivity contribution in [3.05, 3.63) is 87.7 Å². The average molecular weight is 544 g/mol. The SMILES string of the molecule is C[C@H](NP(=O)(OC[C@@H]1C=C[C@H](n2ccc(=O)[nH]c2=O)O1)Oc1cccc2ccccc12)C(=O)OC(C)(C)C. The minimum Gasteiger partial charge on any atom is -0.459 e. The molecule has 0 bridgehead atoms. The van der Waals surface area contributed by atoms with Crippen molar-refractivity contribution in [3.8, 4) is 5.75 Å². The van der Waals surface area contributed by atoms with Gasteiger partial charge in [-0.25, -0.2) is 9.36 Å². The highest BCUT2D eigenvalue weighted by atomic mass is 31.2. The van der Waals surface area contributed by atoms with Gasteiger partial charge in [0.2, 0.25) is 0 Å². The van der Waals surface area contributed by atoms with Crippen molar-refractivity contribution < 1.29 is 27.9 Å². The summed E-state index contributed by atoms with van der Waals surface area (Å²) in [6, 6.07) is 12.9. The summed E-state index contributed by atoms with van der Waals surface area (Å²) in [7, 11) is -4.16. The Kier molecular flexibility index (Phi) is 8.03. The number of nitrogens with one attached hydrogen (secondary N) is 2. The second-order valence-electron chi connectivity index (χ2n) is 9.71. The number of ether oxygens (including phenoxy) is 2. The van der Waals surface area contributed by atoms with Gasteiger partial charge >= 0.3 is 19.4 Å². The number of fused-ring (bicyclic) bond motifs is 1. The smallest absolute Gasteiger partial charge is 0.459 e. The number of benzene rings is 2. The van der Waals surface area contributed by atoms with E-state index in [1.165, 1.54) is 23.8 Å². The van der Waals surface area contributed by atoms with Crippen LogP contribution in [0.5, 0.6) is 5.75 Å². The van der Waals surface area contributed by atoms with E-state index in [-0.39, 0.29) is 6.61 Å². The number of aromatic amines is 1. The van der Waals surface area contributed by atoms with E-state index >= 15 is 0 Å². The number of H-pyrrole nitrogens is 1. The first-order valence-electron chi connectivity index (χ1n) is 12.0. The van der Waals surface area contributed by atoms with Crippen LogP contribution in [0.4, 0.5) is 0 Å². The molecule has 2 N–H and O–H groups in total. The minimum absolute atomic E-state index is 0.221. The first kappa shape index (κ1) is 27.5. The second-order valence-corrected chi connectivity index (χ2v) is 11.4. The number of nitrogens with zero attached hydrogens (tertiary/aromatic N) is 1. The van der Waals surface area contributed by atoms with Gasteiger partial charge in [0, 0.05) is 17.6 Å². The van der Waals surface area contributed by atoms with Crippen molar-refractivity contribution in [3.63, 3.8) is 0 Å². The summed E-state index contributed by atoms with van der Waals surface area (Å²) in [5, 5.41) is 4.25. The van der Waals surface area contributed by atoms with Crippen LogP contribution in [0.25, 0.3) is 10.8 Å². The summed E-state index contributed by atoms with van der Waals surface area (Å²) >= 11 is 0. The van der Waals surface area contributed by atoms with Crippen LogP contribution in [0, 0.1) is 0 Å². The summed E-state index contributed by atoms with van der Waals surface area (Å²) < 4.78 is 38.0. The molecule has 0 saturated carbocycles. The third kappa shape index (κ3) is 6.87. The molecule has 1 unspecified atom stereocenters. The molecular formula is C26H30N3O8P. The molecule has 2 aromatic carbocycles. The zero-order valence-electron chi connectivity index (χ0n) is 21.5. The molecule has 0 spiro atoms. The summed E-state index contributed by atoms with van der Waals surface area (Å²) in [6.45, 7) is 6.47. The van der Waals surface area contributed by atoms with Crippen molar-refractivity contribution in [1.29, 1.82) is 0 Å². The fraction of sp³-hybridized carbons (Fsp3) is 0.346. The Labute approximate surface area is 219 Å². The van der Waals surface area contributed by atoms with Crippen LogP contribution in [0.3, 0.4) is 0 Å². The Morgan fingerprint density at radius 2 is 1.87 bits per heavy atom. The third-order valence-electron chi connectivity index (χ3n) is 5.42. The molecule has 1 aromatic heterocycles. The van der Waals surface area contributed by atoms with E-state index in [0.717, 1.165) is 5.39 Å². The molecule has 0 saturated heterocycles. The molecule has 1 aliphatic rings. The number of aromatic nitrogens is 2. The first-order valence-corrected chi connectivity index (χ1v) is 13.5. The normalized spacial score (nSPS) is 19.7. The lowest BCUT2D eigenvalue weighted by atomic mass is 10.1. The monoisotopic (exact) mass is 543 g/mol. The Morgan fingerprint density at radius 3 is 2.61 bits per heavy atom. The van der Waals surface area contributed by atoms with E-state index in [1.807, 2.05) is 30.3 Å². The minimum atomic E-state index is -4.16. The average Bonchev–Trinajstić information content (AvgIpc) is 3.31. The zero-order chi connectivity index (χ0) is 27.5. The molecule has 0 fully saturated rings. The van der Waals surface area contributed by atoms with E-state index in [1.54, 1.807) is 45.1 Å². The fourth-order valence-corrected chi connectivity index (χ4v) is 5.24. The Balaban J connectivity index is 1.52. The summed E-state index contributed by atoms with van der Waals surface area (Å²) in [4.78, 5) is 38.2. The second kappa shape index (κ2) is 11.1. The van der Waals surface area contributed by atoms with E-state index in [0.29, 0.717) is 11.1 Å². The van der Waals surface area contributed by atoms with Gasteiger partial charge in [-0.3, -0.25) is 23.7 Å². The predicted molar refractivity (Wildman–Crippen MR) is 141 cm³/mol. The van der Waals surface area contributed by atoms with Gasteiger partial charge in [0.05, 0.1) is 6.61 Å². The molecule has 4 rings (SSSR count). The van der Waals surface area contributed by atoms with Crippen LogP contribution in [-0.4, -0.2) is 39.9 Å². The van der Waals surface area contributed by atoms with Gasteiger partial charge in [0.15, 0.2) is 6.23 Å². The molecule has 1 aliphatic heterocycles. The molecule has 202 valence electrons. The summed E-state index contributed by atoms with van der Waals surface area (Å²) in [5.41, 5.74) is -1.90. The molecule has 0 aliphatic carbocycles. The van der Waals surface area contributed by atoms with Crippen LogP contribution in [0.15, 0.2) is 76.5 Å². The van der Waals surface area contributed by atoms with Gasteiger partial charge in [-0.05, 0) is 45.2 Å². The quantitative estimate of drug-likeness (QED) is 0.235. The molecule has 4 atom stereocenters. The van der Waals surface area contributed by atoms with E-state index < -0.39 is 48.9 Å². The molecule has 0 radical (unpaired) electrons. The van der Waals surface area contributed by atoms with E-state index in [2.05, 4.69) is 10.1 Å². The van der Waals surface area contributed by atoms with Crippen LogP contribution in [-0.2, 0) is 23.4 Å². The Hall–Kier alpha value is -3.50. The number of rotatable bonds is 9. The maximum Gasteiger partial charge on any atom is 0.459 e. The lowest BCUT2D eigenvalue weighted by Crippen LogP contribution is -2.39. The van der Waals surface area contributed by atoms with Gasteiger partial charge in [-0.1, -0.05) is 42.5 Å². The zero-order valence-corrected chi connectivity index (χ0v) is 22.3. The van der Waals surface area contributed by atoms with Crippen LogP contribution >= 0.6 is 7.75 Å². The predicted octanol–water partition coefficient (Wildman–Crippen LogP) is 3.67. The van der Waals surface area contributed by atoms with E-state index in [4.69, 9.17) is 18.5 Å². The maximum absolute atomic E-state index is 14.0. The lowest BCUT2D eigenvalue weighted by molar-refractivity contribution is -0.156.